The second-order valence-electron chi connectivity index (χ2n) is 6.14. The number of rotatable bonds is 6. The Bertz CT molecular complexity index is 904. The Morgan fingerprint density at radius 1 is 1.19 bits per heavy atom. The number of hydrogen-bond donors (Lipinski definition) is 3. The van der Waals surface area contributed by atoms with Crippen LogP contribution in [-0.4, -0.2) is 5.71 Å². The lowest BCUT2D eigenvalue weighted by Gasteiger charge is -2.18. The van der Waals surface area contributed by atoms with Gasteiger partial charge in [-0.05, 0) is 41.7 Å². The highest BCUT2D eigenvalue weighted by atomic mass is 14.7. The molecule has 0 radical (unpaired) electrons. The summed E-state index contributed by atoms with van der Waals surface area (Å²) in [5.41, 5.74) is 18.2. The number of benzene rings is 1. The molecule has 0 bridgehead atoms. The third-order valence-electron chi connectivity index (χ3n) is 4.27. The fourth-order valence-electron chi connectivity index (χ4n) is 2.92. The summed E-state index contributed by atoms with van der Waals surface area (Å²) in [7, 11) is 0. The molecule has 1 aliphatic rings. The van der Waals surface area contributed by atoms with E-state index in [1.54, 1.807) is 6.08 Å². The first-order valence-electron chi connectivity index (χ1n) is 9.03. The molecule has 0 saturated carbocycles. The molecule has 0 unspecified atom stereocenters. The molecule has 3 nitrogen and oxygen atoms in total. The van der Waals surface area contributed by atoms with Crippen LogP contribution in [0.5, 0.6) is 0 Å². The van der Waals surface area contributed by atoms with E-state index in [1.165, 1.54) is 0 Å². The van der Waals surface area contributed by atoms with Crippen LogP contribution in [0.1, 0.15) is 25.8 Å². The molecule has 1 aromatic rings. The predicted octanol–water partition coefficient (Wildman–Crippen LogP) is 5.18. The van der Waals surface area contributed by atoms with Gasteiger partial charge >= 0.3 is 0 Å². The van der Waals surface area contributed by atoms with Crippen molar-refractivity contribution >= 4 is 11.4 Å². The molecular formula is C24H27N3. The Balaban J connectivity index is 2.54. The van der Waals surface area contributed by atoms with Gasteiger partial charge < -0.3 is 11.5 Å². The van der Waals surface area contributed by atoms with Crippen LogP contribution in [0.4, 0.5) is 0 Å². The van der Waals surface area contributed by atoms with Crippen molar-refractivity contribution in [1.82, 2.24) is 0 Å². The molecular weight excluding hydrogens is 330 g/mol. The highest BCUT2D eigenvalue weighted by Gasteiger charge is 2.18. The number of nitrogens with two attached hydrogens (primary N) is 2. The summed E-state index contributed by atoms with van der Waals surface area (Å²) in [6, 6.07) is 9.83. The molecule has 0 amide bonds. The molecule has 0 aromatic heterocycles. The molecule has 0 heterocycles. The number of allylic oxidation sites excluding steroid dienone is 11. The quantitative estimate of drug-likeness (QED) is 0.613. The van der Waals surface area contributed by atoms with Crippen LogP contribution >= 0.6 is 0 Å². The summed E-state index contributed by atoms with van der Waals surface area (Å²) in [5, 5.41) is 8.51. The third kappa shape index (κ3) is 4.64. The average molecular weight is 358 g/mol. The minimum atomic E-state index is 0.300. The van der Waals surface area contributed by atoms with E-state index in [4.69, 9.17) is 16.9 Å². The largest absolute Gasteiger partial charge is 0.398 e. The minimum absolute atomic E-state index is 0.300. The van der Waals surface area contributed by atoms with E-state index < -0.39 is 0 Å². The molecule has 1 aliphatic carbocycles. The maximum atomic E-state index is 8.51. The van der Waals surface area contributed by atoms with Crippen LogP contribution in [0.25, 0.3) is 5.70 Å². The van der Waals surface area contributed by atoms with Gasteiger partial charge in [-0.3, -0.25) is 5.41 Å². The molecule has 0 saturated heterocycles. The lowest BCUT2D eigenvalue weighted by atomic mass is 9.89. The van der Waals surface area contributed by atoms with Gasteiger partial charge in [0.1, 0.15) is 0 Å². The van der Waals surface area contributed by atoms with Gasteiger partial charge in [0.25, 0.3) is 0 Å². The van der Waals surface area contributed by atoms with Crippen LogP contribution in [-0.2, 0) is 0 Å². The van der Waals surface area contributed by atoms with Crippen LogP contribution in [0.15, 0.2) is 107 Å². The van der Waals surface area contributed by atoms with Crippen molar-refractivity contribution in [2.75, 3.05) is 0 Å². The Hall–Kier alpha value is -3.33. The van der Waals surface area contributed by atoms with Gasteiger partial charge in [-0.2, -0.15) is 0 Å². The van der Waals surface area contributed by atoms with E-state index in [2.05, 4.69) is 19.6 Å². The summed E-state index contributed by atoms with van der Waals surface area (Å²) >= 11 is 0. The average Bonchev–Trinajstić information content (AvgIpc) is 2.68. The molecule has 1 aromatic carbocycles. The molecule has 0 aliphatic heterocycles. The Labute approximate surface area is 162 Å². The third-order valence-corrected chi connectivity index (χ3v) is 4.27. The lowest BCUT2D eigenvalue weighted by molar-refractivity contribution is 1.20. The van der Waals surface area contributed by atoms with Crippen molar-refractivity contribution in [2.24, 2.45) is 11.5 Å². The van der Waals surface area contributed by atoms with Gasteiger partial charge in [-0.15, -0.1) is 0 Å². The predicted molar refractivity (Wildman–Crippen MR) is 117 cm³/mol. The first kappa shape index (κ1) is 20.0. The van der Waals surface area contributed by atoms with Crippen molar-refractivity contribution in [3.63, 3.8) is 0 Å². The van der Waals surface area contributed by atoms with Crippen LogP contribution in [0.2, 0.25) is 0 Å². The van der Waals surface area contributed by atoms with Gasteiger partial charge in [0.2, 0.25) is 0 Å². The highest BCUT2D eigenvalue weighted by molar-refractivity contribution is 6.15. The number of hydrogen-bond acceptors (Lipinski definition) is 3. The maximum absolute atomic E-state index is 8.51. The fourth-order valence-corrected chi connectivity index (χ4v) is 2.92. The van der Waals surface area contributed by atoms with Gasteiger partial charge in [-0.1, -0.05) is 80.3 Å². The van der Waals surface area contributed by atoms with E-state index in [-0.39, 0.29) is 0 Å². The standard InChI is InChI=1S/C24H27N3/c1-4-10-18-14-15-21(24(27)23(18)26)20(6-3)19(11-5-2)16-22(25)17-12-8-7-9-13-17/h4,6-16,27H,3,5,25-26H2,1-2H3/b10-4-,19-11+,21-20+,22-16-,27-24?. The van der Waals surface area contributed by atoms with E-state index in [0.717, 1.165) is 34.3 Å². The van der Waals surface area contributed by atoms with Crippen molar-refractivity contribution in [2.45, 2.75) is 20.3 Å². The van der Waals surface area contributed by atoms with E-state index in [9.17, 15) is 0 Å². The molecule has 0 atom stereocenters. The Kier molecular flexibility index (Phi) is 6.95. The topological polar surface area (TPSA) is 75.9 Å². The normalized spacial score (nSPS) is 17.6. The molecule has 2 rings (SSSR count). The van der Waals surface area contributed by atoms with Crippen molar-refractivity contribution in [3.8, 4) is 0 Å². The van der Waals surface area contributed by atoms with E-state index in [0.29, 0.717) is 17.1 Å². The SMILES string of the molecule is C=CC(/C(/C=C(\N)c1ccccc1)=C/CC)=C1/C=CC(/C=C\C)=C(N)C1=N. The zero-order valence-corrected chi connectivity index (χ0v) is 16.0. The van der Waals surface area contributed by atoms with Gasteiger partial charge in [0, 0.05) is 11.3 Å². The lowest BCUT2D eigenvalue weighted by Crippen LogP contribution is -2.18. The van der Waals surface area contributed by atoms with E-state index in [1.807, 2.05) is 67.6 Å². The van der Waals surface area contributed by atoms with Crippen LogP contribution < -0.4 is 11.5 Å². The summed E-state index contributed by atoms with van der Waals surface area (Å²) in [4.78, 5) is 0. The van der Waals surface area contributed by atoms with E-state index >= 15 is 0 Å². The Morgan fingerprint density at radius 2 is 1.89 bits per heavy atom. The smallest absolute Gasteiger partial charge is 0.0853 e. The van der Waals surface area contributed by atoms with Gasteiger partial charge in [0.15, 0.2) is 0 Å². The second-order valence-corrected chi connectivity index (χ2v) is 6.14. The first-order valence-corrected chi connectivity index (χ1v) is 9.03. The van der Waals surface area contributed by atoms with Crippen molar-refractivity contribution in [1.29, 1.82) is 5.41 Å². The number of nitrogens with one attached hydrogen (secondary N) is 1. The minimum Gasteiger partial charge on any atom is -0.398 e. The second kappa shape index (κ2) is 9.39. The van der Waals surface area contributed by atoms with Crippen molar-refractivity contribution < 1.29 is 0 Å². The zero-order chi connectivity index (χ0) is 19.8. The van der Waals surface area contributed by atoms with Crippen molar-refractivity contribution in [3.05, 3.63) is 113 Å². The highest BCUT2D eigenvalue weighted by Crippen LogP contribution is 2.27. The summed E-state index contributed by atoms with van der Waals surface area (Å²) in [5.74, 6) is 0. The molecule has 0 fully saturated rings. The van der Waals surface area contributed by atoms with Crippen LogP contribution in [0.3, 0.4) is 0 Å². The maximum Gasteiger partial charge on any atom is 0.0853 e. The van der Waals surface area contributed by atoms with Gasteiger partial charge in [-0.25, -0.2) is 0 Å². The first-order chi connectivity index (χ1) is 13.0. The fraction of sp³-hybridized carbons (Fsp3) is 0.125. The van der Waals surface area contributed by atoms with Gasteiger partial charge in [0.05, 0.1) is 11.4 Å². The molecule has 5 N–H and O–H groups in total. The molecule has 27 heavy (non-hydrogen) atoms. The molecule has 0 spiro atoms. The van der Waals surface area contributed by atoms with Crippen LogP contribution in [0, 0.1) is 5.41 Å². The monoisotopic (exact) mass is 357 g/mol. The zero-order valence-electron chi connectivity index (χ0n) is 16.0. The molecule has 138 valence electrons. The summed E-state index contributed by atoms with van der Waals surface area (Å²) in [6.07, 6.45) is 14.3. The summed E-state index contributed by atoms with van der Waals surface area (Å²) in [6.45, 7) is 7.96. The molecule has 3 heteroatoms. The summed E-state index contributed by atoms with van der Waals surface area (Å²) < 4.78 is 0. The Morgan fingerprint density at radius 3 is 2.48 bits per heavy atom.